The summed E-state index contributed by atoms with van der Waals surface area (Å²) in [6, 6.07) is 5.60. The fourth-order valence-electron chi connectivity index (χ4n) is 2.37. The highest BCUT2D eigenvalue weighted by atomic mass is 16.5. The van der Waals surface area contributed by atoms with Gasteiger partial charge in [-0.05, 0) is 6.07 Å². The predicted molar refractivity (Wildman–Crippen MR) is 74.8 cm³/mol. The molecule has 0 atom stereocenters. The molecule has 21 heavy (non-hydrogen) atoms. The van der Waals surface area contributed by atoms with Crippen LogP contribution in [0.15, 0.2) is 30.6 Å². The Morgan fingerprint density at radius 1 is 1.33 bits per heavy atom. The third-order valence-corrected chi connectivity index (χ3v) is 3.48. The van der Waals surface area contributed by atoms with Crippen molar-refractivity contribution in [2.75, 3.05) is 13.1 Å². The van der Waals surface area contributed by atoms with E-state index in [1.165, 1.54) is 4.68 Å². The number of amides is 1. The van der Waals surface area contributed by atoms with Crippen LogP contribution in [0, 0.1) is 0 Å². The predicted octanol–water partition coefficient (Wildman–Crippen LogP) is 0.894. The number of nitrogens with zero attached hydrogens (tertiary/aromatic N) is 5. The summed E-state index contributed by atoms with van der Waals surface area (Å²) in [5, 5.41) is 7.65. The summed E-state index contributed by atoms with van der Waals surface area (Å²) in [5.74, 6) is 0.565. The van der Waals surface area contributed by atoms with Crippen LogP contribution in [0.5, 0.6) is 5.88 Å². The van der Waals surface area contributed by atoms with Gasteiger partial charge in [-0.2, -0.15) is 0 Å². The van der Waals surface area contributed by atoms with E-state index in [9.17, 15) is 4.79 Å². The number of hydrogen-bond donors (Lipinski definition) is 0. The van der Waals surface area contributed by atoms with Gasteiger partial charge in [0.2, 0.25) is 5.88 Å². The molecule has 7 nitrogen and oxygen atoms in total. The molecule has 7 heteroatoms. The molecule has 1 amide bonds. The van der Waals surface area contributed by atoms with Gasteiger partial charge in [-0.15, -0.1) is 5.10 Å². The van der Waals surface area contributed by atoms with Crippen LogP contribution in [0.4, 0.5) is 0 Å². The highest BCUT2D eigenvalue weighted by Crippen LogP contribution is 2.18. The topological polar surface area (TPSA) is 73.1 Å². The van der Waals surface area contributed by atoms with Gasteiger partial charge < -0.3 is 9.64 Å². The van der Waals surface area contributed by atoms with Crippen LogP contribution in [0.25, 0.3) is 0 Å². The van der Waals surface area contributed by atoms with E-state index in [0.29, 0.717) is 24.7 Å². The number of likely N-dealkylation sites (tertiary alicyclic amines) is 1. The summed E-state index contributed by atoms with van der Waals surface area (Å²) in [6.45, 7) is 1.32. The second-order valence-corrected chi connectivity index (χ2v) is 5.05. The Hall–Kier alpha value is -2.44. The second-order valence-electron chi connectivity index (χ2n) is 5.05. The minimum absolute atomic E-state index is 0.0700. The van der Waals surface area contributed by atoms with Crippen molar-refractivity contribution < 1.29 is 9.53 Å². The van der Waals surface area contributed by atoms with Crippen LogP contribution in [0.2, 0.25) is 0 Å². The zero-order chi connectivity index (χ0) is 14.7. The van der Waals surface area contributed by atoms with Crippen molar-refractivity contribution >= 4 is 5.91 Å². The minimum atomic E-state index is -0.0700. The summed E-state index contributed by atoms with van der Waals surface area (Å²) in [5.41, 5.74) is 0.390. The molecule has 2 aromatic heterocycles. The quantitative estimate of drug-likeness (QED) is 0.838. The van der Waals surface area contributed by atoms with Crippen molar-refractivity contribution in [3.63, 3.8) is 0 Å². The van der Waals surface area contributed by atoms with Crippen LogP contribution < -0.4 is 4.74 Å². The number of carbonyl (C=O) groups is 1. The number of aromatic nitrogens is 4. The SMILES string of the molecule is Cn1cc(C(=O)N2CCC(Oc3ccccn3)CC2)nn1. The summed E-state index contributed by atoms with van der Waals surface area (Å²) < 4.78 is 7.34. The summed E-state index contributed by atoms with van der Waals surface area (Å²) in [7, 11) is 1.75. The van der Waals surface area contributed by atoms with E-state index in [1.807, 2.05) is 18.2 Å². The highest BCUT2D eigenvalue weighted by molar-refractivity contribution is 5.91. The van der Waals surface area contributed by atoms with Gasteiger partial charge in [0.25, 0.3) is 5.91 Å². The molecule has 0 bridgehead atoms. The van der Waals surface area contributed by atoms with Crippen molar-refractivity contribution in [3.8, 4) is 5.88 Å². The molecule has 0 radical (unpaired) electrons. The van der Waals surface area contributed by atoms with Gasteiger partial charge in [-0.3, -0.25) is 9.48 Å². The second kappa shape index (κ2) is 5.90. The van der Waals surface area contributed by atoms with E-state index in [2.05, 4.69) is 15.3 Å². The lowest BCUT2D eigenvalue weighted by Crippen LogP contribution is -2.42. The van der Waals surface area contributed by atoms with Crippen molar-refractivity contribution in [1.29, 1.82) is 0 Å². The Morgan fingerprint density at radius 2 is 2.14 bits per heavy atom. The first-order valence-corrected chi connectivity index (χ1v) is 6.95. The average molecular weight is 287 g/mol. The van der Waals surface area contributed by atoms with E-state index < -0.39 is 0 Å². The molecule has 110 valence electrons. The van der Waals surface area contributed by atoms with Gasteiger partial charge in [0.05, 0.1) is 6.20 Å². The first-order valence-electron chi connectivity index (χ1n) is 6.95. The maximum Gasteiger partial charge on any atom is 0.276 e. The molecule has 3 heterocycles. The maximum absolute atomic E-state index is 12.2. The molecule has 0 N–H and O–H groups in total. The first-order chi connectivity index (χ1) is 10.2. The number of rotatable bonds is 3. The summed E-state index contributed by atoms with van der Waals surface area (Å²) in [4.78, 5) is 18.2. The van der Waals surface area contributed by atoms with Crippen molar-refractivity contribution in [2.45, 2.75) is 18.9 Å². The molecule has 1 fully saturated rings. The molecule has 2 aromatic rings. The number of ether oxygens (including phenoxy) is 1. The fourth-order valence-corrected chi connectivity index (χ4v) is 2.37. The molecule has 1 aliphatic heterocycles. The summed E-state index contributed by atoms with van der Waals surface area (Å²) >= 11 is 0. The Morgan fingerprint density at radius 3 is 2.76 bits per heavy atom. The number of pyridine rings is 1. The standard InChI is InChI=1S/C14H17N5O2/c1-18-10-12(16-17-18)14(20)19-8-5-11(6-9-19)21-13-4-2-3-7-15-13/h2-4,7,10-11H,5-6,8-9H2,1H3. The lowest BCUT2D eigenvalue weighted by Gasteiger charge is -2.31. The highest BCUT2D eigenvalue weighted by Gasteiger charge is 2.26. The van der Waals surface area contributed by atoms with E-state index in [1.54, 1.807) is 24.3 Å². The third kappa shape index (κ3) is 3.18. The molecule has 0 unspecified atom stereocenters. The molecule has 0 aliphatic carbocycles. The van der Waals surface area contributed by atoms with Gasteiger partial charge in [-0.1, -0.05) is 11.3 Å². The van der Waals surface area contributed by atoms with Gasteiger partial charge in [0, 0.05) is 45.2 Å². The fraction of sp³-hybridized carbons (Fsp3) is 0.429. The Kier molecular flexibility index (Phi) is 3.81. The summed E-state index contributed by atoms with van der Waals surface area (Å²) in [6.07, 6.45) is 5.04. The minimum Gasteiger partial charge on any atom is -0.474 e. The van der Waals surface area contributed by atoms with E-state index in [4.69, 9.17) is 4.74 Å². The lowest BCUT2D eigenvalue weighted by atomic mass is 10.1. The van der Waals surface area contributed by atoms with Crippen LogP contribution in [-0.2, 0) is 7.05 Å². The monoisotopic (exact) mass is 287 g/mol. The Bertz CT molecular complexity index is 605. The normalized spacial score (nSPS) is 16.0. The van der Waals surface area contributed by atoms with Crippen LogP contribution >= 0.6 is 0 Å². The molecule has 0 spiro atoms. The molecular weight excluding hydrogens is 270 g/mol. The molecule has 0 aromatic carbocycles. The van der Waals surface area contributed by atoms with Gasteiger partial charge in [0.1, 0.15) is 6.10 Å². The average Bonchev–Trinajstić information content (AvgIpc) is 2.95. The van der Waals surface area contributed by atoms with Crippen LogP contribution in [-0.4, -0.2) is 50.0 Å². The van der Waals surface area contributed by atoms with Crippen molar-refractivity contribution in [2.24, 2.45) is 7.05 Å². The van der Waals surface area contributed by atoms with Gasteiger partial charge in [-0.25, -0.2) is 4.98 Å². The number of carbonyl (C=O) groups excluding carboxylic acids is 1. The molecular formula is C14H17N5O2. The van der Waals surface area contributed by atoms with Gasteiger partial charge in [0.15, 0.2) is 5.69 Å². The molecule has 1 aliphatic rings. The van der Waals surface area contributed by atoms with E-state index in [-0.39, 0.29) is 12.0 Å². The zero-order valence-corrected chi connectivity index (χ0v) is 11.8. The number of piperidine rings is 1. The molecule has 0 saturated carbocycles. The van der Waals surface area contributed by atoms with Crippen molar-refractivity contribution in [1.82, 2.24) is 24.9 Å². The largest absolute Gasteiger partial charge is 0.474 e. The Labute approximate surface area is 122 Å². The maximum atomic E-state index is 12.2. The van der Waals surface area contributed by atoms with Gasteiger partial charge >= 0.3 is 0 Å². The first kappa shape index (κ1) is 13.5. The lowest BCUT2D eigenvalue weighted by molar-refractivity contribution is 0.0582. The van der Waals surface area contributed by atoms with Crippen molar-refractivity contribution in [3.05, 3.63) is 36.3 Å². The Balaban J connectivity index is 1.54. The molecule has 1 saturated heterocycles. The van der Waals surface area contributed by atoms with Crippen LogP contribution in [0.1, 0.15) is 23.3 Å². The van der Waals surface area contributed by atoms with Crippen LogP contribution in [0.3, 0.4) is 0 Å². The van der Waals surface area contributed by atoms with E-state index >= 15 is 0 Å². The smallest absolute Gasteiger partial charge is 0.276 e. The van der Waals surface area contributed by atoms with E-state index in [0.717, 1.165) is 12.8 Å². The number of hydrogen-bond acceptors (Lipinski definition) is 5. The number of aryl methyl sites for hydroxylation is 1. The third-order valence-electron chi connectivity index (χ3n) is 3.48. The zero-order valence-electron chi connectivity index (χ0n) is 11.8. The molecule has 3 rings (SSSR count).